The second-order valence-electron chi connectivity index (χ2n) is 8.51. The number of amides is 3. The van der Waals surface area contributed by atoms with Crippen molar-refractivity contribution in [3.63, 3.8) is 0 Å². The van der Waals surface area contributed by atoms with Crippen molar-refractivity contribution >= 4 is 11.9 Å². The van der Waals surface area contributed by atoms with Crippen LogP contribution in [0.5, 0.6) is 5.75 Å². The lowest BCUT2D eigenvalue weighted by Crippen LogP contribution is -2.49. The summed E-state index contributed by atoms with van der Waals surface area (Å²) in [6.45, 7) is 7.83. The van der Waals surface area contributed by atoms with E-state index in [1.807, 2.05) is 37.8 Å². The Morgan fingerprint density at radius 3 is 2.87 bits per heavy atom. The average Bonchev–Trinajstić information content (AvgIpc) is 3.39. The minimum Gasteiger partial charge on any atom is -0.483 e. The number of carbonyl (C=O) groups excluding carboxylic acids is 2. The number of nitrogens with zero attached hydrogens (tertiary/aromatic N) is 2. The third-order valence-corrected chi connectivity index (χ3v) is 5.97. The molecule has 3 fully saturated rings. The van der Waals surface area contributed by atoms with E-state index in [0.717, 1.165) is 5.69 Å². The smallest absolute Gasteiger partial charge is 0.315 e. The summed E-state index contributed by atoms with van der Waals surface area (Å²) >= 11 is 0. The molecule has 4 rings (SSSR count). The highest BCUT2D eigenvalue weighted by Crippen LogP contribution is 2.30. The van der Waals surface area contributed by atoms with E-state index in [1.54, 1.807) is 6.20 Å². The minimum atomic E-state index is -0.268. The van der Waals surface area contributed by atoms with Crippen LogP contribution in [0.4, 0.5) is 4.79 Å². The van der Waals surface area contributed by atoms with Crippen LogP contribution in [-0.2, 0) is 14.3 Å². The molecule has 0 spiro atoms. The number of urea groups is 1. The lowest BCUT2D eigenvalue weighted by Gasteiger charge is -2.21. The molecule has 0 aliphatic carbocycles. The normalized spacial score (nSPS) is 30.6. The number of hydrogen-bond acceptors (Lipinski definition) is 6. The Kier molecular flexibility index (Phi) is 6.10. The first kappa shape index (κ1) is 20.9. The van der Waals surface area contributed by atoms with Crippen LogP contribution in [0, 0.1) is 12.8 Å². The first-order valence-corrected chi connectivity index (χ1v) is 10.6. The van der Waals surface area contributed by atoms with Crippen molar-refractivity contribution in [1.82, 2.24) is 20.5 Å². The van der Waals surface area contributed by atoms with Gasteiger partial charge in [0.2, 0.25) is 5.91 Å². The highest BCUT2D eigenvalue weighted by atomic mass is 16.6. The quantitative estimate of drug-likeness (QED) is 0.711. The van der Waals surface area contributed by atoms with E-state index in [-0.39, 0.29) is 48.3 Å². The maximum atomic E-state index is 12.4. The summed E-state index contributed by atoms with van der Waals surface area (Å²) in [6, 6.07) is 3.39. The van der Waals surface area contributed by atoms with Gasteiger partial charge in [0.15, 0.2) is 6.10 Å². The number of likely N-dealkylation sites (tertiary alicyclic amines) is 1. The van der Waals surface area contributed by atoms with Gasteiger partial charge in [-0.1, -0.05) is 0 Å². The zero-order valence-electron chi connectivity index (χ0n) is 17.7. The summed E-state index contributed by atoms with van der Waals surface area (Å²) in [5, 5.41) is 5.84. The zero-order valence-corrected chi connectivity index (χ0v) is 17.7. The van der Waals surface area contributed by atoms with Crippen molar-refractivity contribution in [2.45, 2.75) is 57.6 Å². The van der Waals surface area contributed by atoms with Gasteiger partial charge in [0.05, 0.1) is 24.9 Å². The number of carbonyl (C=O) groups is 2. The molecule has 4 heterocycles. The topological polar surface area (TPSA) is 102 Å². The van der Waals surface area contributed by atoms with E-state index >= 15 is 0 Å². The molecule has 9 heteroatoms. The van der Waals surface area contributed by atoms with E-state index < -0.39 is 0 Å². The molecule has 3 aliphatic heterocycles. The average molecular weight is 418 g/mol. The van der Waals surface area contributed by atoms with Crippen LogP contribution in [0.2, 0.25) is 0 Å². The minimum absolute atomic E-state index is 0.140. The van der Waals surface area contributed by atoms with Crippen molar-refractivity contribution < 1.29 is 23.8 Å². The summed E-state index contributed by atoms with van der Waals surface area (Å²) < 4.78 is 17.8. The molecular weight excluding hydrogens is 388 g/mol. The molecule has 5 atom stereocenters. The van der Waals surface area contributed by atoms with Crippen LogP contribution in [0.15, 0.2) is 18.3 Å². The Morgan fingerprint density at radius 1 is 1.33 bits per heavy atom. The molecule has 30 heavy (non-hydrogen) atoms. The maximum Gasteiger partial charge on any atom is 0.315 e. The number of ether oxygens (including phenoxy) is 3. The summed E-state index contributed by atoms with van der Waals surface area (Å²) in [7, 11) is 0. The largest absolute Gasteiger partial charge is 0.483 e. The monoisotopic (exact) mass is 418 g/mol. The summed E-state index contributed by atoms with van der Waals surface area (Å²) in [4.78, 5) is 30.5. The van der Waals surface area contributed by atoms with Crippen LogP contribution < -0.4 is 15.4 Å². The number of nitrogens with one attached hydrogen (secondary N) is 2. The van der Waals surface area contributed by atoms with Crippen molar-refractivity contribution in [2.75, 3.05) is 26.3 Å². The summed E-state index contributed by atoms with van der Waals surface area (Å²) in [5.74, 6) is 1.01. The molecule has 1 aromatic heterocycles. The first-order valence-electron chi connectivity index (χ1n) is 10.6. The molecular formula is C21H30N4O5. The standard InChI is InChI=1S/C21H30N4O5/c1-12(2)25-9-14(7-18(25)26)8-23-21(27)24-15-10-28-20-17(11-29-19(15)20)30-16-5-4-6-22-13(16)3/h4-6,12,14-15,17,19-20H,7-11H2,1-3H3,(H2,23,24,27)/t14?,15-,17-,19+,20+/m0/s1. The Balaban J connectivity index is 1.24. The molecule has 9 nitrogen and oxygen atoms in total. The van der Waals surface area contributed by atoms with E-state index in [4.69, 9.17) is 14.2 Å². The van der Waals surface area contributed by atoms with Crippen molar-refractivity contribution in [2.24, 2.45) is 5.92 Å². The SMILES string of the molecule is Cc1ncccc1O[C@H]1CO[C@H]2[C@@H]1OC[C@@H]2NC(=O)NCC1CC(=O)N(C(C)C)C1. The van der Waals surface area contributed by atoms with Crippen LogP contribution in [0.25, 0.3) is 0 Å². The van der Waals surface area contributed by atoms with Gasteiger partial charge in [-0.05, 0) is 32.9 Å². The molecule has 0 radical (unpaired) electrons. The number of pyridine rings is 1. The summed E-state index contributed by atoms with van der Waals surface area (Å²) in [5.41, 5.74) is 0.814. The lowest BCUT2D eigenvalue weighted by molar-refractivity contribution is -0.129. The van der Waals surface area contributed by atoms with Gasteiger partial charge in [0, 0.05) is 37.7 Å². The third-order valence-electron chi connectivity index (χ3n) is 5.97. The fourth-order valence-electron chi connectivity index (χ4n) is 4.35. The third kappa shape index (κ3) is 4.37. The molecule has 1 unspecified atom stereocenters. The van der Waals surface area contributed by atoms with E-state index in [2.05, 4.69) is 15.6 Å². The maximum absolute atomic E-state index is 12.4. The van der Waals surface area contributed by atoms with E-state index in [0.29, 0.717) is 38.5 Å². The predicted octanol–water partition coefficient (Wildman–Crippen LogP) is 0.860. The lowest BCUT2D eigenvalue weighted by atomic mass is 10.1. The Bertz CT molecular complexity index is 788. The molecule has 0 bridgehead atoms. The van der Waals surface area contributed by atoms with Gasteiger partial charge in [-0.2, -0.15) is 0 Å². The van der Waals surface area contributed by atoms with Gasteiger partial charge in [0.1, 0.15) is 18.0 Å². The molecule has 2 N–H and O–H groups in total. The Labute approximate surface area is 176 Å². The Morgan fingerprint density at radius 2 is 2.13 bits per heavy atom. The summed E-state index contributed by atoms with van der Waals surface area (Å²) in [6.07, 6.45) is 1.48. The van der Waals surface area contributed by atoms with Crippen LogP contribution in [-0.4, -0.2) is 78.5 Å². The van der Waals surface area contributed by atoms with Crippen molar-refractivity contribution in [1.29, 1.82) is 0 Å². The highest BCUT2D eigenvalue weighted by Gasteiger charge is 2.49. The van der Waals surface area contributed by atoms with Gasteiger partial charge >= 0.3 is 6.03 Å². The number of rotatable bonds is 6. The van der Waals surface area contributed by atoms with E-state index in [9.17, 15) is 9.59 Å². The predicted molar refractivity (Wildman–Crippen MR) is 108 cm³/mol. The second kappa shape index (κ2) is 8.77. The van der Waals surface area contributed by atoms with Crippen LogP contribution >= 0.6 is 0 Å². The molecule has 164 valence electrons. The van der Waals surface area contributed by atoms with Gasteiger partial charge in [0.25, 0.3) is 0 Å². The number of aromatic nitrogens is 1. The molecule has 3 saturated heterocycles. The van der Waals surface area contributed by atoms with Gasteiger partial charge in [-0.25, -0.2) is 4.79 Å². The van der Waals surface area contributed by atoms with Gasteiger partial charge in [-0.15, -0.1) is 0 Å². The molecule has 3 amide bonds. The van der Waals surface area contributed by atoms with Crippen molar-refractivity contribution in [3.8, 4) is 5.75 Å². The fraction of sp³-hybridized carbons (Fsp3) is 0.667. The van der Waals surface area contributed by atoms with Crippen molar-refractivity contribution in [3.05, 3.63) is 24.0 Å². The first-order chi connectivity index (χ1) is 14.4. The molecule has 0 saturated carbocycles. The van der Waals surface area contributed by atoms with E-state index in [1.165, 1.54) is 0 Å². The molecule has 3 aliphatic rings. The highest BCUT2D eigenvalue weighted by molar-refractivity contribution is 5.79. The molecule has 0 aromatic carbocycles. The van der Waals surface area contributed by atoms with Gasteiger partial charge < -0.3 is 29.7 Å². The number of hydrogen-bond donors (Lipinski definition) is 2. The number of aryl methyl sites for hydroxylation is 1. The van der Waals surface area contributed by atoms with Crippen LogP contribution in [0.1, 0.15) is 26.0 Å². The zero-order chi connectivity index (χ0) is 21.3. The number of fused-ring (bicyclic) bond motifs is 1. The molecule has 1 aromatic rings. The Hall–Kier alpha value is -2.39. The fourth-order valence-corrected chi connectivity index (χ4v) is 4.35. The van der Waals surface area contributed by atoms with Gasteiger partial charge in [-0.3, -0.25) is 9.78 Å². The second-order valence-corrected chi connectivity index (χ2v) is 8.51. The van der Waals surface area contributed by atoms with Crippen LogP contribution in [0.3, 0.4) is 0 Å².